The minimum Gasteiger partial charge on any atom is -0.486 e. The van der Waals surface area contributed by atoms with Crippen molar-refractivity contribution in [3.8, 4) is 11.5 Å². The minimum atomic E-state index is -3.67. The maximum Gasteiger partial charge on any atom is 0.298 e. The average Bonchev–Trinajstić information content (AvgIpc) is 3.38. The lowest BCUT2D eigenvalue weighted by atomic mass is 10.2. The van der Waals surface area contributed by atoms with Gasteiger partial charge in [-0.3, -0.25) is 0 Å². The van der Waals surface area contributed by atoms with Gasteiger partial charge < -0.3 is 18.8 Å². The monoisotopic (exact) mass is 415 g/mol. The second-order valence-electron chi connectivity index (χ2n) is 7.11. The van der Waals surface area contributed by atoms with Crippen molar-refractivity contribution in [2.75, 3.05) is 31.2 Å². The number of aromatic nitrogens is 1. The van der Waals surface area contributed by atoms with Crippen LogP contribution in [0.1, 0.15) is 12.8 Å². The lowest BCUT2D eigenvalue weighted by molar-refractivity contribution is 0.171. The summed E-state index contributed by atoms with van der Waals surface area (Å²) >= 11 is 0. The third kappa shape index (κ3) is 3.51. The van der Waals surface area contributed by atoms with Crippen LogP contribution in [0.2, 0.25) is 0 Å². The summed E-state index contributed by atoms with van der Waals surface area (Å²) in [4.78, 5) is 6.74. The Morgan fingerprint density at radius 1 is 1.10 bits per heavy atom. The van der Waals surface area contributed by atoms with Crippen molar-refractivity contribution in [2.45, 2.75) is 23.8 Å². The number of rotatable bonds is 5. The predicted molar refractivity (Wildman–Crippen MR) is 107 cm³/mol. The first-order chi connectivity index (χ1) is 14.1. The molecule has 1 aromatic heterocycles. The van der Waals surface area contributed by atoms with Crippen LogP contribution in [0.15, 0.2) is 51.8 Å². The van der Waals surface area contributed by atoms with Gasteiger partial charge in [-0.05, 0) is 37.1 Å². The number of sulfonamides is 1. The van der Waals surface area contributed by atoms with Crippen molar-refractivity contribution in [2.24, 2.45) is 0 Å². The molecule has 0 aliphatic carbocycles. The Hall–Kier alpha value is -2.78. The van der Waals surface area contributed by atoms with E-state index in [0.717, 1.165) is 30.5 Å². The van der Waals surface area contributed by atoms with E-state index in [2.05, 4.69) is 9.71 Å². The van der Waals surface area contributed by atoms with Crippen molar-refractivity contribution < 1.29 is 22.3 Å². The smallest absolute Gasteiger partial charge is 0.298 e. The molecule has 0 saturated carbocycles. The zero-order valence-electron chi connectivity index (χ0n) is 15.7. The van der Waals surface area contributed by atoms with Gasteiger partial charge in [-0.2, -0.15) is 4.98 Å². The van der Waals surface area contributed by atoms with Gasteiger partial charge in [0.25, 0.3) is 6.01 Å². The molecular weight excluding hydrogens is 394 g/mol. The van der Waals surface area contributed by atoms with Crippen molar-refractivity contribution in [1.82, 2.24) is 9.71 Å². The number of para-hydroxylation sites is 2. The molecule has 0 amide bonds. The number of anilines is 1. The number of hydrogen-bond acceptors (Lipinski definition) is 7. The van der Waals surface area contributed by atoms with E-state index in [1.165, 1.54) is 12.1 Å². The quantitative estimate of drug-likeness (QED) is 0.684. The van der Waals surface area contributed by atoms with E-state index < -0.39 is 10.0 Å². The Bertz CT molecular complexity index is 1110. The van der Waals surface area contributed by atoms with Crippen LogP contribution in [0.25, 0.3) is 11.1 Å². The number of ether oxygens (including phenoxy) is 2. The molecule has 0 bridgehead atoms. The van der Waals surface area contributed by atoms with Gasteiger partial charge in [-0.25, -0.2) is 13.1 Å². The molecule has 2 aromatic carbocycles. The molecule has 0 spiro atoms. The van der Waals surface area contributed by atoms with Crippen LogP contribution in [0.5, 0.6) is 11.5 Å². The Balaban J connectivity index is 1.32. The Morgan fingerprint density at radius 2 is 1.93 bits per heavy atom. The van der Waals surface area contributed by atoms with Gasteiger partial charge >= 0.3 is 0 Å². The molecule has 1 unspecified atom stereocenters. The minimum absolute atomic E-state index is 0.0185. The fourth-order valence-corrected chi connectivity index (χ4v) is 4.85. The zero-order valence-corrected chi connectivity index (χ0v) is 16.5. The van der Waals surface area contributed by atoms with Crippen molar-refractivity contribution in [3.63, 3.8) is 0 Å². The highest BCUT2D eigenvalue weighted by Gasteiger charge is 2.30. The van der Waals surface area contributed by atoms with Crippen LogP contribution in [0.3, 0.4) is 0 Å². The molecule has 0 radical (unpaired) electrons. The number of hydrogen-bond donors (Lipinski definition) is 1. The number of benzene rings is 2. The highest BCUT2D eigenvalue weighted by Crippen LogP contribution is 2.32. The summed E-state index contributed by atoms with van der Waals surface area (Å²) in [5, 5.41) is 0. The van der Waals surface area contributed by atoms with Crippen LogP contribution in [0, 0.1) is 0 Å². The second kappa shape index (κ2) is 7.23. The number of oxazole rings is 1. The molecule has 3 aromatic rings. The Labute approximate surface area is 168 Å². The zero-order chi connectivity index (χ0) is 19.8. The lowest BCUT2D eigenvalue weighted by Crippen LogP contribution is -2.40. The van der Waals surface area contributed by atoms with Crippen molar-refractivity contribution in [1.29, 1.82) is 0 Å². The summed E-state index contributed by atoms with van der Waals surface area (Å²) in [5.41, 5.74) is 1.52. The highest BCUT2D eigenvalue weighted by atomic mass is 32.2. The third-order valence-electron chi connectivity index (χ3n) is 5.24. The molecule has 2 aliphatic heterocycles. The summed E-state index contributed by atoms with van der Waals surface area (Å²) in [6, 6.07) is 12.8. The first-order valence-corrected chi connectivity index (χ1v) is 11.1. The van der Waals surface area contributed by atoms with Crippen LogP contribution >= 0.6 is 0 Å². The van der Waals surface area contributed by atoms with Crippen molar-refractivity contribution >= 4 is 27.1 Å². The van der Waals surface area contributed by atoms with E-state index in [1.807, 2.05) is 29.2 Å². The van der Waals surface area contributed by atoms with Gasteiger partial charge in [0, 0.05) is 25.2 Å². The molecule has 3 heterocycles. The topological polar surface area (TPSA) is 93.9 Å². The maximum atomic E-state index is 12.8. The van der Waals surface area contributed by atoms with Crippen LogP contribution in [-0.2, 0) is 10.0 Å². The van der Waals surface area contributed by atoms with E-state index >= 15 is 0 Å². The molecule has 9 heteroatoms. The summed E-state index contributed by atoms with van der Waals surface area (Å²) in [6.45, 7) is 1.93. The average molecular weight is 415 g/mol. The van der Waals surface area contributed by atoms with Gasteiger partial charge in [0.15, 0.2) is 17.1 Å². The van der Waals surface area contributed by atoms with Gasteiger partial charge in [-0.1, -0.05) is 12.1 Å². The molecule has 152 valence electrons. The van der Waals surface area contributed by atoms with Gasteiger partial charge in [-0.15, -0.1) is 0 Å². The first-order valence-electron chi connectivity index (χ1n) is 9.62. The number of nitrogens with zero attached hydrogens (tertiary/aromatic N) is 2. The second-order valence-corrected chi connectivity index (χ2v) is 8.88. The summed E-state index contributed by atoms with van der Waals surface area (Å²) in [7, 11) is -3.67. The van der Waals surface area contributed by atoms with Gasteiger partial charge in [0.05, 0.1) is 4.90 Å². The fourth-order valence-electron chi connectivity index (χ4n) is 3.76. The molecule has 8 nitrogen and oxygen atoms in total. The standard InChI is InChI=1S/C20H21N3O5S/c24-29(25,15-7-8-18-19(12-15)27-11-10-26-18)21-13-14-4-3-9-23(14)20-22-16-5-1-2-6-17(16)28-20/h1-2,5-8,12,14,21H,3-4,9-11,13H2. The molecule has 5 rings (SSSR count). The normalized spacial score (nSPS) is 19.0. The summed E-state index contributed by atoms with van der Waals surface area (Å²) in [6.07, 6.45) is 1.82. The summed E-state index contributed by atoms with van der Waals surface area (Å²) < 4.78 is 45.1. The van der Waals surface area contributed by atoms with E-state index in [1.54, 1.807) is 6.07 Å². The van der Waals surface area contributed by atoms with E-state index in [9.17, 15) is 8.42 Å². The third-order valence-corrected chi connectivity index (χ3v) is 6.66. The number of fused-ring (bicyclic) bond motifs is 2. The first kappa shape index (κ1) is 18.3. The predicted octanol–water partition coefficient (Wildman–Crippen LogP) is 2.55. The Morgan fingerprint density at radius 3 is 2.79 bits per heavy atom. The Kier molecular flexibility index (Phi) is 4.56. The largest absolute Gasteiger partial charge is 0.486 e. The van der Waals surface area contributed by atoms with Crippen molar-refractivity contribution in [3.05, 3.63) is 42.5 Å². The van der Waals surface area contributed by atoms with Crippen LogP contribution in [0.4, 0.5) is 6.01 Å². The molecule has 2 aliphatic rings. The molecule has 1 saturated heterocycles. The van der Waals surface area contributed by atoms with Gasteiger partial charge in [0.2, 0.25) is 10.0 Å². The van der Waals surface area contributed by atoms with Crippen LogP contribution in [-0.4, -0.2) is 45.7 Å². The summed E-state index contributed by atoms with van der Waals surface area (Å²) in [5.74, 6) is 1.02. The van der Waals surface area contributed by atoms with Gasteiger partial charge in [0.1, 0.15) is 18.7 Å². The molecule has 1 N–H and O–H groups in total. The maximum absolute atomic E-state index is 12.8. The molecule has 1 atom stereocenters. The van der Waals surface area contributed by atoms with E-state index in [-0.39, 0.29) is 17.5 Å². The highest BCUT2D eigenvalue weighted by molar-refractivity contribution is 7.89. The molecule has 29 heavy (non-hydrogen) atoms. The number of nitrogens with one attached hydrogen (secondary N) is 1. The van der Waals surface area contributed by atoms with E-state index in [0.29, 0.717) is 30.7 Å². The van der Waals surface area contributed by atoms with E-state index in [4.69, 9.17) is 13.9 Å². The molecular formula is C20H21N3O5S. The van der Waals surface area contributed by atoms with Crippen LogP contribution < -0.4 is 19.1 Å². The fraction of sp³-hybridized carbons (Fsp3) is 0.350. The lowest BCUT2D eigenvalue weighted by Gasteiger charge is -2.23. The molecule has 1 fully saturated rings. The SMILES string of the molecule is O=S(=O)(NCC1CCCN1c1nc2ccccc2o1)c1ccc2c(c1)OCCO2.